The third-order valence-electron chi connectivity index (χ3n) is 5.66. The molecule has 1 aromatic heterocycles. The number of benzene rings is 1. The molecule has 2 aromatic rings. The average Bonchev–Trinajstić information content (AvgIpc) is 3.13. The first kappa shape index (κ1) is 25.7. The van der Waals surface area contributed by atoms with Crippen LogP contribution in [0.25, 0.3) is 0 Å². The predicted molar refractivity (Wildman–Crippen MR) is 123 cm³/mol. The topological polar surface area (TPSA) is 77.4 Å². The molecule has 2 atom stereocenters. The van der Waals surface area contributed by atoms with Gasteiger partial charge in [0.05, 0.1) is 20.3 Å². The summed E-state index contributed by atoms with van der Waals surface area (Å²) in [6.45, 7) is 9.94. The van der Waals surface area contributed by atoms with E-state index in [1.54, 1.807) is 18.2 Å². The van der Waals surface area contributed by atoms with Gasteiger partial charge in [-0.05, 0) is 43.4 Å². The first-order valence-electron chi connectivity index (χ1n) is 11.1. The van der Waals surface area contributed by atoms with E-state index in [-0.39, 0.29) is 23.3 Å². The van der Waals surface area contributed by atoms with Gasteiger partial charge in [0.1, 0.15) is 5.82 Å². The lowest BCUT2D eigenvalue weighted by Crippen LogP contribution is -2.46. The molecule has 188 valence electrons. The molecule has 0 saturated carbocycles. The maximum atomic E-state index is 14.0. The van der Waals surface area contributed by atoms with Crippen LogP contribution in [0.1, 0.15) is 75.6 Å². The number of nitrogens with zero attached hydrogens (tertiary/aromatic N) is 2. The maximum Gasteiger partial charge on any atom is 0.410 e. The van der Waals surface area contributed by atoms with Crippen LogP contribution < -0.4 is 20.1 Å². The van der Waals surface area contributed by atoms with Gasteiger partial charge in [0.15, 0.2) is 23.2 Å². The minimum Gasteiger partial charge on any atom is -0.493 e. The summed E-state index contributed by atoms with van der Waals surface area (Å²) in [5.41, 5.74) is -0.0541. The molecule has 0 saturated heterocycles. The molecule has 0 bridgehead atoms. The van der Waals surface area contributed by atoms with Gasteiger partial charge in [-0.1, -0.05) is 26.8 Å². The van der Waals surface area contributed by atoms with E-state index in [0.717, 1.165) is 4.68 Å². The Morgan fingerprint density at radius 3 is 2.32 bits per heavy atom. The summed E-state index contributed by atoms with van der Waals surface area (Å²) in [6, 6.07) is 3.82. The van der Waals surface area contributed by atoms with Crippen molar-refractivity contribution >= 4 is 11.7 Å². The highest BCUT2D eigenvalue weighted by Gasteiger charge is 2.47. The lowest BCUT2D eigenvalue weighted by Gasteiger charge is -2.33. The van der Waals surface area contributed by atoms with Crippen molar-refractivity contribution in [2.24, 2.45) is 5.41 Å². The van der Waals surface area contributed by atoms with Crippen LogP contribution in [0.3, 0.4) is 0 Å². The molecule has 1 aliphatic heterocycles. The molecule has 0 radical (unpaired) electrons. The molecule has 1 amide bonds. The molecule has 1 aromatic carbocycles. The Morgan fingerprint density at radius 1 is 1.12 bits per heavy atom. The standard InChI is InChI=1S/C24H33F3N4O3/c1-22(2,3)13-23(4,5)29-21(32)16-12-20-28-15(11-19(24(25,26)27)31(20)30-16)14-8-9-17(33-6)18(10-14)34-7/h8-10,12,15,19,28H,11,13H2,1-7H3,(H,29,32)/t15-,19-/m0/s1. The number of aromatic nitrogens is 2. The van der Waals surface area contributed by atoms with Gasteiger partial charge in [0.2, 0.25) is 0 Å². The molecule has 0 spiro atoms. The number of methoxy groups -OCH3 is 2. The Kier molecular flexibility index (Phi) is 6.83. The fourth-order valence-corrected chi connectivity index (χ4v) is 4.71. The van der Waals surface area contributed by atoms with Crippen LogP contribution in [0.4, 0.5) is 19.0 Å². The van der Waals surface area contributed by atoms with Crippen molar-refractivity contribution in [3.63, 3.8) is 0 Å². The van der Waals surface area contributed by atoms with Gasteiger partial charge >= 0.3 is 6.18 Å². The second-order valence-corrected chi connectivity index (χ2v) is 10.5. The Hall–Kier alpha value is -2.91. The fraction of sp³-hybridized carbons (Fsp3) is 0.583. The molecule has 10 heteroatoms. The number of hydrogen-bond donors (Lipinski definition) is 2. The predicted octanol–water partition coefficient (Wildman–Crippen LogP) is 5.51. The summed E-state index contributed by atoms with van der Waals surface area (Å²) in [5.74, 6) is 0.524. The molecule has 0 aliphatic carbocycles. The van der Waals surface area contributed by atoms with Gasteiger partial charge < -0.3 is 20.1 Å². The number of anilines is 1. The number of ether oxygens (including phenoxy) is 2. The molecule has 0 fully saturated rings. The molecule has 2 N–H and O–H groups in total. The quantitative estimate of drug-likeness (QED) is 0.568. The minimum absolute atomic E-state index is 0.0419. The van der Waals surface area contributed by atoms with Crippen LogP contribution in [-0.4, -0.2) is 41.6 Å². The van der Waals surface area contributed by atoms with Crippen molar-refractivity contribution in [2.45, 2.75) is 71.3 Å². The van der Waals surface area contributed by atoms with Crippen LogP contribution in [0.5, 0.6) is 11.5 Å². The van der Waals surface area contributed by atoms with Crippen LogP contribution in [-0.2, 0) is 0 Å². The summed E-state index contributed by atoms with van der Waals surface area (Å²) in [7, 11) is 2.96. The van der Waals surface area contributed by atoms with Crippen molar-refractivity contribution in [3.05, 3.63) is 35.5 Å². The van der Waals surface area contributed by atoms with Crippen molar-refractivity contribution < 1.29 is 27.4 Å². The van der Waals surface area contributed by atoms with Gasteiger partial charge in [-0.2, -0.15) is 18.3 Å². The number of carbonyl (C=O) groups is 1. The third-order valence-corrected chi connectivity index (χ3v) is 5.66. The smallest absolute Gasteiger partial charge is 0.410 e. The average molecular weight is 483 g/mol. The van der Waals surface area contributed by atoms with Crippen molar-refractivity contribution in [2.75, 3.05) is 19.5 Å². The van der Waals surface area contributed by atoms with Crippen LogP contribution in [0.2, 0.25) is 0 Å². The van der Waals surface area contributed by atoms with Crippen molar-refractivity contribution in [1.82, 2.24) is 15.1 Å². The fourth-order valence-electron chi connectivity index (χ4n) is 4.71. The summed E-state index contributed by atoms with van der Waals surface area (Å²) >= 11 is 0. The van der Waals surface area contributed by atoms with E-state index in [1.165, 1.54) is 20.3 Å². The first-order valence-corrected chi connectivity index (χ1v) is 11.1. The molecule has 34 heavy (non-hydrogen) atoms. The van der Waals surface area contributed by atoms with E-state index in [2.05, 4.69) is 36.5 Å². The lowest BCUT2D eigenvalue weighted by molar-refractivity contribution is -0.173. The number of rotatable bonds is 6. The highest BCUT2D eigenvalue weighted by molar-refractivity contribution is 5.93. The Morgan fingerprint density at radius 2 is 1.76 bits per heavy atom. The van der Waals surface area contributed by atoms with E-state index in [1.807, 2.05) is 13.8 Å². The Bertz CT molecular complexity index is 1040. The Balaban J connectivity index is 1.92. The number of amides is 1. The van der Waals surface area contributed by atoms with E-state index in [0.29, 0.717) is 23.5 Å². The SMILES string of the molecule is COc1ccc([C@@H]2C[C@@H](C(F)(F)F)n3nc(C(=O)NC(C)(C)CC(C)(C)C)cc3N2)cc1OC. The number of fused-ring (bicyclic) bond motifs is 1. The number of alkyl halides is 3. The summed E-state index contributed by atoms with van der Waals surface area (Å²) < 4.78 is 53.4. The largest absolute Gasteiger partial charge is 0.493 e. The molecule has 2 heterocycles. The van der Waals surface area contributed by atoms with E-state index in [9.17, 15) is 18.0 Å². The summed E-state index contributed by atoms with van der Waals surface area (Å²) in [5, 5.41) is 10.1. The summed E-state index contributed by atoms with van der Waals surface area (Å²) in [4.78, 5) is 12.9. The number of carbonyl (C=O) groups excluding carboxylic acids is 1. The molecule has 3 rings (SSSR count). The molecule has 1 aliphatic rings. The van der Waals surface area contributed by atoms with Crippen LogP contribution in [0, 0.1) is 5.41 Å². The van der Waals surface area contributed by atoms with Gasteiger partial charge in [0, 0.05) is 18.0 Å². The zero-order valence-corrected chi connectivity index (χ0v) is 20.6. The Labute approximate surface area is 198 Å². The van der Waals surface area contributed by atoms with Gasteiger partial charge in [-0.3, -0.25) is 4.79 Å². The van der Waals surface area contributed by atoms with E-state index < -0.39 is 29.7 Å². The monoisotopic (exact) mass is 482 g/mol. The van der Waals surface area contributed by atoms with E-state index >= 15 is 0 Å². The third kappa shape index (κ3) is 5.77. The highest BCUT2D eigenvalue weighted by atomic mass is 19.4. The van der Waals surface area contributed by atoms with Crippen molar-refractivity contribution in [3.8, 4) is 11.5 Å². The number of hydrogen-bond acceptors (Lipinski definition) is 5. The maximum absolute atomic E-state index is 14.0. The molecular weight excluding hydrogens is 449 g/mol. The zero-order chi connectivity index (χ0) is 25.5. The van der Waals surface area contributed by atoms with E-state index in [4.69, 9.17) is 9.47 Å². The normalized spacial score (nSPS) is 18.6. The van der Waals surface area contributed by atoms with Crippen LogP contribution in [0.15, 0.2) is 24.3 Å². The van der Waals surface area contributed by atoms with Gasteiger partial charge in [-0.25, -0.2) is 4.68 Å². The minimum atomic E-state index is -4.54. The lowest BCUT2D eigenvalue weighted by atomic mass is 9.82. The van der Waals surface area contributed by atoms with Gasteiger partial charge in [0.25, 0.3) is 5.91 Å². The zero-order valence-electron chi connectivity index (χ0n) is 20.6. The molecular formula is C24H33F3N4O3. The van der Waals surface area contributed by atoms with Crippen LogP contribution >= 0.6 is 0 Å². The molecule has 7 nitrogen and oxygen atoms in total. The number of halogens is 3. The first-order chi connectivity index (χ1) is 15.6. The second kappa shape index (κ2) is 9.03. The van der Waals surface area contributed by atoms with Crippen molar-refractivity contribution in [1.29, 1.82) is 0 Å². The second-order valence-electron chi connectivity index (χ2n) is 10.5. The van der Waals surface area contributed by atoms with Gasteiger partial charge in [-0.15, -0.1) is 0 Å². The summed E-state index contributed by atoms with van der Waals surface area (Å²) in [6.07, 6.45) is -4.15. The molecule has 0 unspecified atom stereocenters. The number of nitrogens with one attached hydrogen (secondary N) is 2. The highest BCUT2D eigenvalue weighted by Crippen LogP contribution is 2.44.